The van der Waals surface area contributed by atoms with Crippen molar-refractivity contribution in [3.63, 3.8) is 0 Å². The summed E-state index contributed by atoms with van der Waals surface area (Å²) in [6, 6.07) is 15.8. The Morgan fingerprint density at radius 1 is 1.06 bits per heavy atom. The average Bonchev–Trinajstić information content (AvgIpc) is 2.64. The van der Waals surface area contributed by atoms with Gasteiger partial charge in [-0.1, -0.05) is 50.6 Å². The molecule has 1 N–H and O–H groups in total. The summed E-state index contributed by atoms with van der Waals surface area (Å²) in [6.45, 7) is 12.1. The van der Waals surface area contributed by atoms with Gasteiger partial charge in [-0.2, -0.15) is 5.26 Å². The molecule has 0 aliphatic rings. The van der Waals surface area contributed by atoms with Crippen molar-refractivity contribution >= 4 is 18.0 Å². The van der Waals surface area contributed by atoms with E-state index < -0.39 is 17.4 Å². The first-order valence-electron chi connectivity index (χ1n) is 10.2. The van der Waals surface area contributed by atoms with Crippen LogP contribution < -0.4 is 10.1 Å². The predicted molar refractivity (Wildman–Crippen MR) is 122 cm³/mol. The van der Waals surface area contributed by atoms with E-state index in [0.29, 0.717) is 16.9 Å². The van der Waals surface area contributed by atoms with E-state index in [4.69, 9.17) is 4.74 Å². The highest BCUT2D eigenvalue weighted by Gasteiger charge is 2.28. The highest BCUT2D eigenvalue weighted by molar-refractivity contribution is 6.02. The van der Waals surface area contributed by atoms with Crippen LogP contribution in [0.2, 0.25) is 0 Å². The van der Waals surface area contributed by atoms with Gasteiger partial charge in [-0.05, 0) is 68.5 Å². The van der Waals surface area contributed by atoms with Gasteiger partial charge in [0.25, 0.3) is 5.91 Å². The van der Waals surface area contributed by atoms with Gasteiger partial charge in [0, 0.05) is 5.54 Å². The minimum Gasteiger partial charge on any atom is -0.423 e. The van der Waals surface area contributed by atoms with Crippen LogP contribution in [-0.4, -0.2) is 17.4 Å². The molecule has 162 valence electrons. The molecule has 5 heteroatoms. The lowest BCUT2D eigenvalue weighted by atomic mass is 9.81. The monoisotopic (exact) mass is 418 g/mol. The Kier molecular flexibility index (Phi) is 7.41. The van der Waals surface area contributed by atoms with Gasteiger partial charge in [0.2, 0.25) is 0 Å². The summed E-state index contributed by atoms with van der Waals surface area (Å²) >= 11 is 0. The highest BCUT2D eigenvalue weighted by atomic mass is 16.5. The number of hydrogen-bond acceptors (Lipinski definition) is 4. The summed E-state index contributed by atoms with van der Waals surface area (Å²) in [5, 5.41) is 12.5. The Morgan fingerprint density at radius 3 is 2.29 bits per heavy atom. The standard InChI is InChI=1S/C26H30N2O3/c1-18-10-12-20(13-11-18)24(30)31-22-9-7-8-19(15-22)14-21(16-27)23(29)28-26(5,6)17-25(2,3)4/h7-15H,17H2,1-6H3,(H,28,29). The van der Waals surface area contributed by atoms with Gasteiger partial charge in [-0.25, -0.2) is 4.79 Å². The van der Waals surface area contributed by atoms with E-state index in [2.05, 4.69) is 26.1 Å². The molecule has 0 spiro atoms. The van der Waals surface area contributed by atoms with Crippen molar-refractivity contribution in [2.24, 2.45) is 5.41 Å². The van der Waals surface area contributed by atoms with Crippen LogP contribution in [0.4, 0.5) is 0 Å². The van der Waals surface area contributed by atoms with Crippen molar-refractivity contribution in [2.45, 2.75) is 53.5 Å². The summed E-state index contributed by atoms with van der Waals surface area (Å²) in [5.41, 5.74) is 1.65. The molecule has 1 amide bonds. The highest BCUT2D eigenvalue weighted by Crippen LogP contribution is 2.27. The zero-order valence-electron chi connectivity index (χ0n) is 19.1. The number of carbonyl (C=O) groups is 2. The Balaban J connectivity index is 2.16. The summed E-state index contributed by atoms with van der Waals surface area (Å²) in [5.74, 6) is -0.563. The van der Waals surface area contributed by atoms with Gasteiger partial charge in [0.05, 0.1) is 5.56 Å². The first-order chi connectivity index (χ1) is 14.4. The van der Waals surface area contributed by atoms with Gasteiger partial charge in [-0.15, -0.1) is 0 Å². The summed E-state index contributed by atoms with van der Waals surface area (Å²) in [7, 11) is 0. The quantitative estimate of drug-likeness (QED) is 0.293. The van der Waals surface area contributed by atoms with E-state index in [0.717, 1.165) is 12.0 Å². The maximum atomic E-state index is 12.7. The van der Waals surface area contributed by atoms with Crippen LogP contribution in [0.5, 0.6) is 5.75 Å². The molecule has 0 fully saturated rings. The summed E-state index contributed by atoms with van der Waals surface area (Å²) in [6.07, 6.45) is 2.25. The van der Waals surface area contributed by atoms with Crippen LogP contribution in [0.1, 0.15) is 62.5 Å². The van der Waals surface area contributed by atoms with Crippen molar-refractivity contribution in [1.82, 2.24) is 5.32 Å². The van der Waals surface area contributed by atoms with Gasteiger partial charge < -0.3 is 10.1 Å². The third-order valence-electron chi connectivity index (χ3n) is 4.46. The molecule has 0 aromatic heterocycles. The fourth-order valence-electron chi connectivity index (χ4n) is 3.58. The van der Waals surface area contributed by atoms with Crippen LogP contribution in [0.15, 0.2) is 54.1 Å². The summed E-state index contributed by atoms with van der Waals surface area (Å²) < 4.78 is 5.44. The first-order valence-corrected chi connectivity index (χ1v) is 10.2. The molecular weight excluding hydrogens is 388 g/mol. The first kappa shape index (κ1) is 23.9. The number of benzene rings is 2. The smallest absolute Gasteiger partial charge is 0.343 e. The number of hydrogen-bond donors (Lipinski definition) is 1. The largest absolute Gasteiger partial charge is 0.423 e. The van der Waals surface area contributed by atoms with Gasteiger partial charge in [0.1, 0.15) is 17.4 Å². The number of carbonyl (C=O) groups excluding carboxylic acids is 2. The lowest BCUT2D eigenvalue weighted by Crippen LogP contribution is -2.46. The zero-order chi connectivity index (χ0) is 23.2. The number of amides is 1. The minimum atomic E-state index is -0.469. The number of aryl methyl sites for hydroxylation is 1. The topological polar surface area (TPSA) is 79.2 Å². The van der Waals surface area contributed by atoms with E-state index in [9.17, 15) is 14.9 Å². The fourth-order valence-corrected chi connectivity index (χ4v) is 3.58. The van der Waals surface area contributed by atoms with Crippen LogP contribution in [0.3, 0.4) is 0 Å². The molecule has 0 saturated heterocycles. The SMILES string of the molecule is Cc1ccc(C(=O)Oc2cccc(C=C(C#N)C(=O)NC(C)(C)CC(C)(C)C)c2)cc1. The van der Waals surface area contributed by atoms with Crippen molar-refractivity contribution in [1.29, 1.82) is 5.26 Å². The molecule has 0 atom stereocenters. The fraction of sp³-hybridized carbons (Fsp3) is 0.346. The third kappa shape index (κ3) is 7.75. The maximum Gasteiger partial charge on any atom is 0.343 e. The van der Waals surface area contributed by atoms with Gasteiger partial charge in [0.15, 0.2) is 0 Å². The number of rotatable bonds is 6. The normalized spacial score (nSPS) is 12.1. The molecule has 0 unspecified atom stereocenters. The number of ether oxygens (including phenoxy) is 1. The number of nitrogens with one attached hydrogen (secondary N) is 1. The van der Waals surface area contributed by atoms with Crippen molar-refractivity contribution in [3.8, 4) is 11.8 Å². The molecule has 2 rings (SSSR count). The number of esters is 1. The molecule has 2 aromatic carbocycles. The van der Waals surface area contributed by atoms with E-state index in [1.807, 2.05) is 39.0 Å². The Bertz CT molecular complexity index is 1020. The number of nitriles is 1. The lowest BCUT2D eigenvalue weighted by molar-refractivity contribution is -0.118. The second-order valence-electron chi connectivity index (χ2n) is 9.57. The second-order valence-corrected chi connectivity index (χ2v) is 9.57. The lowest BCUT2D eigenvalue weighted by Gasteiger charge is -2.33. The van der Waals surface area contributed by atoms with Crippen molar-refractivity contribution in [2.75, 3.05) is 0 Å². The molecule has 5 nitrogen and oxygen atoms in total. The van der Waals surface area contributed by atoms with E-state index >= 15 is 0 Å². The molecule has 31 heavy (non-hydrogen) atoms. The minimum absolute atomic E-state index is 0.0102. The van der Waals surface area contributed by atoms with E-state index in [-0.39, 0.29) is 11.0 Å². The molecule has 0 heterocycles. The third-order valence-corrected chi connectivity index (χ3v) is 4.46. The average molecular weight is 419 g/mol. The molecule has 0 saturated carbocycles. The molecular formula is C26H30N2O3. The van der Waals surface area contributed by atoms with Crippen LogP contribution >= 0.6 is 0 Å². The van der Waals surface area contributed by atoms with Gasteiger partial charge >= 0.3 is 5.97 Å². The Labute approximate surface area is 184 Å². The van der Waals surface area contributed by atoms with Crippen molar-refractivity contribution in [3.05, 3.63) is 70.8 Å². The van der Waals surface area contributed by atoms with E-state index in [1.165, 1.54) is 6.08 Å². The van der Waals surface area contributed by atoms with Crippen molar-refractivity contribution < 1.29 is 14.3 Å². The molecule has 2 aromatic rings. The molecule has 0 radical (unpaired) electrons. The van der Waals surface area contributed by atoms with E-state index in [1.54, 1.807) is 36.4 Å². The zero-order valence-corrected chi connectivity index (χ0v) is 19.1. The van der Waals surface area contributed by atoms with Crippen LogP contribution in [0.25, 0.3) is 6.08 Å². The van der Waals surface area contributed by atoms with Crippen LogP contribution in [0, 0.1) is 23.7 Å². The molecule has 0 aliphatic heterocycles. The maximum absolute atomic E-state index is 12.7. The second kappa shape index (κ2) is 9.61. The Morgan fingerprint density at radius 2 is 1.71 bits per heavy atom. The molecule has 0 bridgehead atoms. The van der Waals surface area contributed by atoms with Crippen LogP contribution in [-0.2, 0) is 4.79 Å². The number of nitrogens with zero attached hydrogens (tertiary/aromatic N) is 1. The predicted octanol–water partition coefficient (Wildman–Crippen LogP) is 5.45. The summed E-state index contributed by atoms with van der Waals surface area (Å²) in [4.78, 5) is 25.0. The molecule has 0 aliphatic carbocycles. The Hall–Kier alpha value is -3.39. The van der Waals surface area contributed by atoms with Gasteiger partial charge in [-0.3, -0.25) is 4.79 Å².